The molecular weight excluding hydrogens is 1510 g/mol. The van der Waals surface area contributed by atoms with Crippen LogP contribution in [0, 0.1) is 0 Å². The molecule has 2 heterocycles. The molecule has 0 radical (unpaired) electrons. The van der Waals surface area contributed by atoms with Gasteiger partial charge in [-0.3, -0.25) is 28.2 Å². The molecule has 1 saturated carbocycles. The van der Waals surface area contributed by atoms with E-state index in [2.05, 4.69) is 64.2 Å². The minimum Gasteiger partial charge on any atom is -0.463 e. The van der Waals surface area contributed by atoms with E-state index in [9.17, 15) is 74.6 Å². The van der Waals surface area contributed by atoms with E-state index >= 15 is 0 Å². The average molecular weight is 1680 g/mol. The number of hydrogen-bond acceptors (Lipinski definition) is 24. The summed E-state index contributed by atoms with van der Waals surface area (Å²) in [6.07, 6.45) is 30.1. The highest BCUT2D eigenvalue weighted by molar-refractivity contribution is 7.47. The van der Waals surface area contributed by atoms with Gasteiger partial charge in [-0.1, -0.05) is 289 Å². The van der Waals surface area contributed by atoms with Crippen LogP contribution in [0.2, 0.25) is 0 Å². The van der Waals surface area contributed by atoms with Crippen molar-refractivity contribution in [3.05, 3.63) is 36.5 Å². The van der Waals surface area contributed by atoms with Gasteiger partial charge in [-0.15, -0.1) is 0 Å². The second-order valence-corrected chi connectivity index (χ2v) is 34.2. The topological polar surface area (TPSA) is 380 Å². The fourth-order valence-corrected chi connectivity index (χ4v) is 15.9. The predicted octanol–water partition coefficient (Wildman–Crippen LogP) is 16.7. The summed E-state index contributed by atoms with van der Waals surface area (Å²) in [5, 5.41) is 102. The molecule has 3 aliphatic rings. The van der Waals surface area contributed by atoms with E-state index in [-0.39, 0.29) is 25.7 Å². The summed E-state index contributed by atoms with van der Waals surface area (Å²) in [6, 6.07) is 0. The number of esters is 4. The van der Waals surface area contributed by atoms with Crippen LogP contribution in [-0.4, -0.2) is 205 Å². The van der Waals surface area contributed by atoms with Crippen molar-refractivity contribution in [2.75, 3.05) is 26.4 Å². The van der Waals surface area contributed by atoms with Gasteiger partial charge in [0.25, 0.3) is 0 Å². The molecule has 0 aromatic rings. The molecule has 18 atom stereocenters. The van der Waals surface area contributed by atoms with Gasteiger partial charge in [0.05, 0.1) is 13.2 Å². The van der Waals surface area contributed by atoms with Crippen molar-refractivity contribution in [1.82, 2.24) is 0 Å². The van der Waals surface area contributed by atoms with E-state index < -0.39 is 162 Å². The van der Waals surface area contributed by atoms with Crippen molar-refractivity contribution in [2.45, 2.75) is 485 Å². The summed E-state index contributed by atoms with van der Waals surface area (Å²) in [7, 11) is -5.81. The van der Waals surface area contributed by atoms with Gasteiger partial charge in [-0.25, -0.2) is 4.57 Å². The fraction of sp³-hybridized carbons (Fsp3) is 0.889. The smallest absolute Gasteiger partial charge is 0.463 e. The van der Waals surface area contributed by atoms with Crippen LogP contribution in [0.15, 0.2) is 36.5 Å². The number of allylic oxidation sites excluding steroid dienone is 6. The number of unbranched alkanes of at least 4 members (excludes halogenated alkanes) is 44. The maximum absolute atomic E-state index is 14.9. The molecule has 3 fully saturated rings. The van der Waals surface area contributed by atoms with Crippen molar-refractivity contribution < 1.29 is 122 Å². The van der Waals surface area contributed by atoms with Gasteiger partial charge < -0.3 is 88.7 Å². The molecule has 25 nitrogen and oxygen atoms in total. The van der Waals surface area contributed by atoms with Crippen LogP contribution in [0.25, 0.3) is 0 Å². The first-order chi connectivity index (χ1) is 56.2. The van der Waals surface area contributed by atoms with Gasteiger partial charge in [-0.2, -0.15) is 0 Å². The summed E-state index contributed by atoms with van der Waals surface area (Å²) in [6.45, 7) is 5.53. The second kappa shape index (κ2) is 69.1. The number of aliphatic hydroxyl groups excluding tert-OH is 9. The highest BCUT2D eigenvalue weighted by Crippen LogP contribution is 2.49. The number of aliphatic hydroxyl groups is 9. The fourth-order valence-electron chi connectivity index (χ4n) is 14.9. The number of phosphoric ester groups is 1. The Hall–Kier alpha value is -3.31. The van der Waals surface area contributed by atoms with Crippen LogP contribution >= 0.6 is 7.82 Å². The lowest BCUT2D eigenvalue weighted by molar-refractivity contribution is -0.360. The third-order valence-electron chi connectivity index (χ3n) is 22.3. The largest absolute Gasteiger partial charge is 0.472 e. The van der Waals surface area contributed by atoms with Crippen LogP contribution in [0.5, 0.6) is 0 Å². The van der Waals surface area contributed by atoms with Crippen molar-refractivity contribution in [3.63, 3.8) is 0 Å². The Morgan fingerprint density at radius 1 is 0.336 bits per heavy atom. The highest BCUT2D eigenvalue weighted by atomic mass is 31.2. The lowest BCUT2D eigenvalue weighted by atomic mass is 9.84. The Kier molecular flexibility index (Phi) is 63.7. The lowest BCUT2D eigenvalue weighted by Gasteiger charge is -2.50. The van der Waals surface area contributed by atoms with Crippen LogP contribution in [0.4, 0.5) is 0 Å². The van der Waals surface area contributed by atoms with Crippen LogP contribution in [0.3, 0.4) is 0 Å². The summed E-state index contributed by atoms with van der Waals surface area (Å²) in [5.41, 5.74) is 0. The Morgan fingerprint density at radius 3 is 1.04 bits per heavy atom. The summed E-state index contributed by atoms with van der Waals surface area (Å²) >= 11 is 0. The zero-order valence-corrected chi connectivity index (χ0v) is 72.9. The Morgan fingerprint density at radius 2 is 0.647 bits per heavy atom. The van der Waals surface area contributed by atoms with E-state index in [0.29, 0.717) is 44.9 Å². The van der Waals surface area contributed by atoms with Crippen LogP contribution in [0.1, 0.15) is 381 Å². The maximum atomic E-state index is 14.9. The molecular formula is C90H163O25P. The molecule has 2 aliphatic heterocycles. The van der Waals surface area contributed by atoms with E-state index in [1.165, 1.54) is 154 Å². The zero-order chi connectivity index (χ0) is 84.7. The van der Waals surface area contributed by atoms with Crippen LogP contribution < -0.4 is 0 Å². The summed E-state index contributed by atoms with van der Waals surface area (Å²) in [4.78, 5) is 66.4. The third-order valence-corrected chi connectivity index (χ3v) is 23.3. The highest BCUT2D eigenvalue weighted by Gasteiger charge is 2.60. The first kappa shape index (κ1) is 107. The SMILES string of the molecule is CCCCCC/C=C\CCCCCCCCCC(=O)OC1C(O)C(O)C(OC2OC(CO)C(O)C(O)C2O)C(OP(=O)(O)OCC(COC(=O)CCCCCCCCCCCCCCCCCC)OC(=O)CCCCC/C=C\CCCCCCCC)C1OC1OC(COC(=O)CCCCC/C=C\CCCCCCCC)C(O)C(O)C1O. The Bertz CT molecular complexity index is 2560. The van der Waals surface area contributed by atoms with E-state index in [1.54, 1.807) is 0 Å². The van der Waals surface area contributed by atoms with Gasteiger partial charge in [0.1, 0.15) is 92.6 Å². The predicted molar refractivity (Wildman–Crippen MR) is 449 cm³/mol. The first-order valence-electron chi connectivity index (χ1n) is 46.2. The quantitative estimate of drug-likeness (QED) is 0.00889. The van der Waals surface area contributed by atoms with Gasteiger partial charge in [0.15, 0.2) is 24.8 Å². The van der Waals surface area contributed by atoms with E-state index in [4.69, 9.17) is 46.9 Å². The molecule has 18 unspecified atom stereocenters. The number of rotatable bonds is 74. The summed E-state index contributed by atoms with van der Waals surface area (Å²) in [5.74, 6) is -3.01. The standard InChI is InChI=1S/C90H163O25P/c1-5-9-13-17-21-25-29-33-35-37-40-43-46-50-54-58-62-73(92)106-67-70(109-75(94)64-60-56-52-48-44-39-32-28-24-20-16-12-8-4)68-108-116(104,105)115-88-86(113-89-83(102)79(98)77(96)71(66-91)110-89)82(101)81(100)85(112-76(95)65-61-57-53-49-45-41-36-34-30-26-22-18-14-10-6-2)87(88)114-90-84(103)80(99)78(97)72(111-90)69-107-74(93)63-59-55-51-47-42-38-31-27-23-19-15-11-7-3/h26,30,38-39,42,44,70-72,77-91,96-103H,5-25,27-29,31-37,40-41,43,45-69H2,1-4H3,(H,104,105)/b30-26-,42-38-,44-39-. The molecule has 1 aliphatic carbocycles. The van der Waals surface area contributed by atoms with E-state index in [1.807, 2.05) is 0 Å². The molecule has 0 spiro atoms. The molecule has 0 amide bonds. The van der Waals surface area contributed by atoms with Gasteiger partial charge in [0.2, 0.25) is 0 Å². The number of ether oxygens (including phenoxy) is 8. The van der Waals surface area contributed by atoms with Gasteiger partial charge in [-0.05, 0) is 103 Å². The molecule has 2 saturated heterocycles. The maximum Gasteiger partial charge on any atom is 0.472 e. The molecule has 678 valence electrons. The monoisotopic (exact) mass is 1680 g/mol. The normalized spacial score (nSPS) is 25.3. The molecule has 116 heavy (non-hydrogen) atoms. The average Bonchev–Trinajstić information content (AvgIpc) is 0.754. The third kappa shape index (κ3) is 49.1. The molecule has 26 heteroatoms. The second-order valence-electron chi connectivity index (χ2n) is 32.8. The number of hydrogen-bond donors (Lipinski definition) is 10. The zero-order valence-electron chi connectivity index (χ0n) is 72.0. The summed E-state index contributed by atoms with van der Waals surface area (Å²) < 4.78 is 73.3. The lowest BCUT2D eigenvalue weighted by Crippen LogP contribution is -2.70. The number of phosphoric acid groups is 1. The molecule has 3 rings (SSSR count). The molecule has 0 aromatic carbocycles. The number of carbonyl (C=O) groups excluding carboxylic acids is 4. The molecule has 0 aromatic heterocycles. The van der Waals surface area contributed by atoms with Gasteiger partial charge in [0, 0.05) is 25.7 Å². The Labute approximate surface area is 697 Å². The first-order valence-corrected chi connectivity index (χ1v) is 47.7. The number of carbonyl (C=O) groups is 4. The van der Waals surface area contributed by atoms with Gasteiger partial charge >= 0.3 is 31.7 Å². The minimum absolute atomic E-state index is 0.00804. The van der Waals surface area contributed by atoms with Crippen molar-refractivity contribution in [3.8, 4) is 0 Å². The Balaban J connectivity index is 1.93. The van der Waals surface area contributed by atoms with Crippen molar-refractivity contribution >= 4 is 31.7 Å². The van der Waals surface area contributed by atoms with E-state index in [0.717, 1.165) is 128 Å². The minimum atomic E-state index is -5.81. The van der Waals surface area contributed by atoms with Crippen molar-refractivity contribution in [2.24, 2.45) is 0 Å². The van der Waals surface area contributed by atoms with Crippen LogP contribution in [-0.2, 0) is 70.7 Å². The van der Waals surface area contributed by atoms with Crippen molar-refractivity contribution in [1.29, 1.82) is 0 Å². The molecule has 10 N–H and O–H groups in total. The molecule has 0 bridgehead atoms.